The van der Waals surface area contributed by atoms with E-state index in [9.17, 15) is 14.4 Å². The molecule has 33 heavy (non-hydrogen) atoms. The molecule has 1 saturated heterocycles. The largest absolute Gasteiger partial charge is 0.354 e. The van der Waals surface area contributed by atoms with Crippen LogP contribution in [-0.2, 0) is 14.4 Å². The van der Waals surface area contributed by atoms with Crippen molar-refractivity contribution >= 4 is 17.7 Å². The molecule has 0 unspecified atom stereocenters. The van der Waals surface area contributed by atoms with Crippen molar-refractivity contribution in [2.75, 3.05) is 6.54 Å². The van der Waals surface area contributed by atoms with E-state index in [0.717, 1.165) is 6.42 Å². The summed E-state index contributed by atoms with van der Waals surface area (Å²) in [6.45, 7) is 2.21. The number of fused-ring (bicyclic) bond motifs is 2. The van der Waals surface area contributed by atoms with Crippen molar-refractivity contribution in [3.63, 3.8) is 0 Å². The monoisotopic (exact) mass is 440 g/mol. The van der Waals surface area contributed by atoms with Crippen LogP contribution in [0.25, 0.3) is 0 Å². The molecule has 7 rings (SSSR count). The van der Waals surface area contributed by atoms with Crippen LogP contribution >= 0.6 is 0 Å². The van der Waals surface area contributed by atoms with E-state index in [2.05, 4.69) is 53.8 Å². The molecule has 2 bridgehead atoms. The van der Waals surface area contributed by atoms with E-state index in [1.54, 1.807) is 6.92 Å². The number of likely N-dealkylation sites (tertiary alicyclic amines) is 1. The molecule has 0 aromatic heterocycles. The SMILES string of the molecule is C[C@H](C(=O)NC[C@@H]1CC2c3ccccc3C1c1ccccc12)N1C(=O)[C@@H]2CC=CC[C@H]2C1=O. The standard InChI is InChI=1S/C28H28N2O3/c1-16(30-27(32)22-12-6-7-13-23(22)28(30)33)26(31)29-15-17-14-24-18-8-2-4-10-20(18)25(17)21-11-5-3-9-19(21)24/h2-11,16-17,22-25H,12-15H2,1H3,(H,29,31)/t16-,17+,22-,23-,24?,25?/m1/s1. The summed E-state index contributed by atoms with van der Waals surface area (Å²) >= 11 is 0. The highest BCUT2D eigenvalue weighted by atomic mass is 16.2. The van der Waals surface area contributed by atoms with E-state index in [1.165, 1.54) is 27.2 Å². The van der Waals surface area contributed by atoms with E-state index in [-0.39, 0.29) is 41.4 Å². The molecule has 5 heteroatoms. The molecular formula is C28H28N2O3. The molecule has 3 amide bonds. The zero-order valence-electron chi connectivity index (χ0n) is 18.7. The molecule has 1 N–H and O–H groups in total. The summed E-state index contributed by atoms with van der Waals surface area (Å²) < 4.78 is 0. The lowest BCUT2D eigenvalue weighted by Gasteiger charge is -2.45. The highest BCUT2D eigenvalue weighted by Crippen LogP contribution is 2.55. The van der Waals surface area contributed by atoms with Gasteiger partial charge >= 0.3 is 0 Å². The molecule has 4 atom stereocenters. The number of nitrogens with one attached hydrogen (secondary N) is 1. The molecule has 5 nitrogen and oxygen atoms in total. The van der Waals surface area contributed by atoms with Gasteiger partial charge in [-0.05, 0) is 54.4 Å². The van der Waals surface area contributed by atoms with Gasteiger partial charge in [0.1, 0.15) is 6.04 Å². The zero-order chi connectivity index (χ0) is 22.7. The van der Waals surface area contributed by atoms with Crippen molar-refractivity contribution in [3.05, 3.63) is 82.9 Å². The Bertz CT molecular complexity index is 1110. The Hall–Kier alpha value is -3.21. The van der Waals surface area contributed by atoms with Crippen molar-refractivity contribution in [2.24, 2.45) is 17.8 Å². The minimum atomic E-state index is -0.782. The minimum absolute atomic E-state index is 0.198. The van der Waals surface area contributed by atoms with E-state index >= 15 is 0 Å². The van der Waals surface area contributed by atoms with E-state index in [4.69, 9.17) is 0 Å². The average molecular weight is 441 g/mol. The summed E-state index contributed by atoms with van der Waals surface area (Å²) in [6.07, 6.45) is 6.10. The summed E-state index contributed by atoms with van der Waals surface area (Å²) in [6, 6.07) is 16.5. The first-order valence-electron chi connectivity index (χ1n) is 12.0. The van der Waals surface area contributed by atoms with Gasteiger partial charge in [-0.25, -0.2) is 0 Å². The fraction of sp³-hybridized carbons (Fsp3) is 0.393. The molecule has 5 aliphatic rings. The Labute approximate surface area is 193 Å². The van der Waals surface area contributed by atoms with Gasteiger partial charge in [0.05, 0.1) is 11.8 Å². The quantitative estimate of drug-likeness (QED) is 0.582. The molecule has 1 fully saturated rings. The Morgan fingerprint density at radius 3 is 1.97 bits per heavy atom. The fourth-order valence-corrected chi connectivity index (χ4v) is 6.66. The predicted octanol–water partition coefficient (Wildman–Crippen LogP) is 3.74. The van der Waals surface area contributed by atoms with Crippen molar-refractivity contribution in [3.8, 4) is 0 Å². The number of amides is 3. The summed E-state index contributed by atoms with van der Waals surface area (Å²) in [5.74, 6) is -0.368. The van der Waals surface area contributed by atoms with Crippen LogP contribution < -0.4 is 5.32 Å². The maximum absolute atomic E-state index is 13.1. The van der Waals surface area contributed by atoms with Gasteiger partial charge in [-0.3, -0.25) is 19.3 Å². The summed E-state index contributed by atoms with van der Waals surface area (Å²) in [5, 5.41) is 3.10. The van der Waals surface area contributed by atoms with Gasteiger partial charge in [-0.2, -0.15) is 0 Å². The Morgan fingerprint density at radius 2 is 1.42 bits per heavy atom. The Kier molecular flexibility index (Phi) is 4.75. The van der Waals surface area contributed by atoms with Crippen LogP contribution in [0, 0.1) is 17.8 Å². The van der Waals surface area contributed by atoms with E-state index in [1.807, 2.05) is 12.2 Å². The molecule has 0 radical (unpaired) electrons. The number of imide groups is 1. The van der Waals surface area contributed by atoms with Crippen LogP contribution in [0.3, 0.4) is 0 Å². The lowest BCUT2D eigenvalue weighted by atomic mass is 9.59. The molecule has 2 aromatic rings. The van der Waals surface area contributed by atoms with Gasteiger partial charge in [-0.1, -0.05) is 60.7 Å². The maximum Gasteiger partial charge on any atom is 0.243 e. The fourth-order valence-electron chi connectivity index (χ4n) is 6.66. The van der Waals surface area contributed by atoms with Gasteiger partial charge in [0.15, 0.2) is 0 Å². The molecular weight excluding hydrogens is 412 g/mol. The number of carbonyl (C=O) groups is 3. The first-order chi connectivity index (χ1) is 16.1. The second-order valence-electron chi connectivity index (χ2n) is 9.91. The zero-order valence-corrected chi connectivity index (χ0v) is 18.7. The van der Waals surface area contributed by atoms with Gasteiger partial charge < -0.3 is 5.32 Å². The van der Waals surface area contributed by atoms with Gasteiger partial charge in [0.2, 0.25) is 17.7 Å². The molecule has 4 aliphatic carbocycles. The second-order valence-corrected chi connectivity index (χ2v) is 9.91. The summed E-state index contributed by atoms with van der Waals surface area (Å²) in [4.78, 5) is 40.1. The number of carbonyl (C=O) groups excluding carboxylic acids is 3. The van der Waals surface area contributed by atoms with Crippen molar-refractivity contribution in [1.82, 2.24) is 10.2 Å². The second kappa shape index (κ2) is 7.68. The van der Waals surface area contributed by atoms with E-state index in [0.29, 0.717) is 25.3 Å². The van der Waals surface area contributed by atoms with Crippen molar-refractivity contribution in [1.29, 1.82) is 0 Å². The number of rotatable bonds is 4. The Balaban J connectivity index is 1.19. The third-order valence-electron chi connectivity index (χ3n) is 8.27. The van der Waals surface area contributed by atoms with Crippen LogP contribution in [-0.4, -0.2) is 35.2 Å². The number of hydrogen-bond donors (Lipinski definition) is 1. The lowest BCUT2D eigenvalue weighted by Crippen LogP contribution is -2.50. The van der Waals surface area contributed by atoms with Crippen LogP contribution in [0.15, 0.2) is 60.7 Å². The van der Waals surface area contributed by atoms with Crippen LogP contribution in [0.4, 0.5) is 0 Å². The molecule has 1 heterocycles. The number of allylic oxidation sites excluding steroid dienone is 2. The van der Waals surface area contributed by atoms with Gasteiger partial charge in [0, 0.05) is 18.4 Å². The highest BCUT2D eigenvalue weighted by molar-refractivity contribution is 6.08. The first-order valence-corrected chi connectivity index (χ1v) is 12.0. The predicted molar refractivity (Wildman–Crippen MR) is 124 cm³/mol. The molecule has 0 spiro atoms. The average Bonchev–Trinajstić information content (AvgIpc) is 3.12. The van der Waals surface area contributed by atoms with Crippen molar-refractivity contribution < 1.29 is 14.4 Å². The van der Waals surface area contributed by atoms with Crippen molar-refractivity contribution in [2.45, 2.75) is 44.1 Å². The van der Waals surface area contributed by atoms with Crippen LogP contribution in [0.2, 0.25) is 0 Å². The van der Waals surface area contributed by atoms with Gasteiger partial charge in [-0.15, -0.1) is 0 Å². The molecule has 0 saturated carbocycles. The third-order valence-corrected chi connectivity index (χ3v) is 8.27. The van der Waals surface area contributed by atoms with Crippen LogP contribution in [0.1, 0.15) is 60.3 Å². The molecule has 1 aliphatic heterocycles. The highest BCUT2D eigenvalue weighted by Gasteiger charge is 2.50. The number of nitrogens with zero attached hydrogens (tertiary/aromatic N) is 1. The first kappa shape index (κ1) is 20.4. The van der Waals surface area contributed by atoms with Crippen LogP contribution in [0.5, 0.6) is 0 Å². The third kappa shape index (κ3) is 3.01. The Morgan fingerprint density at radius 1 is 0.909 bits per heavy atom. The minimum Gasteiger partial charge on any atom is -0.354 e. The molecule has 2 aromatic carbocycles. The molecule has 168 valence electrons. The maximum atomic E-state index is 13.1. The normalized spacial score (nSPS) is 30.0. The summed E-state index contributed by atoms with van der Waals surface area (Å²) in [7, 11) is 0. The lowest BCUT2D eigenvalue weighted by molar-refractivity contribution is -0.147. The topological polar surface area (TPSA) is 66.5 Å². The smallest absolute Gasteiger partial charge is 0.243 e. The number of hydrogen-bond acceptors (Lipinski definition) is 3. The number of benzene rings is 2. The van der Waals surface area contributed by atoms with Gasteiger partial charge in [0.25, 0.3) is 0 Å². The van der Waals surface area contributed by atoms with E-state index < -0.39 is 6.04 Å². The summed E-state index contributed by atoms with van der Waals surface area (Å²) in [5.41, 5.74) is 5.53.